The van der Waals surface area contributed by atoms with Crippen LogP contribution in [0.3, 0.4) is 0 Å². The van der Waals surface area contributed by atoms with Gasteiger partial charge in [-0.2, -0.15) is 0 Å². The minimum Gasteiger partial charge on any atom is -0.300 e. The Morgan fingerprint density at radius 2 is 1.85 bits per heavy atom. The standard InChI is InChI=1S/C27H28FN3OS2/c1-17(2)14-18-8-10-19(11-9-18)22-12-13-23(34-22)24(20-6-5-7-21(28)15-20)27(3,4)25(32)30-26-31-29-16-33-26/h5-13,15-17,24H,14H2,1-4H3,(H,30,31,32). The van der Waals surface area contributed by atoms with Crippen molar-refractivity contribution < 1.29 is 9.18 Å². The molecule has 1 N–H and O–H groups in total. The van der Waals surface area contributed by atoms with Crippen LogP contribution in [0.1, 0.15) is 49.6 Å². The Labute approximate surface area is 207 Å². The molecule has 0 aliphatic rings. The van der Waals surface area contributed by atoms with Crippen LogP contribution in [0.2, 0.25) is 0 Å². The van der Waals surface area contributed by atoms with E-state index in [1.165, 1.54) is 29.0 Å². The van der Waals surface area contributed by atoms with E-state index in [0.717, 1.165) is 27.3 Å². The molecule has 0 saturated heterocycles. The van der Waals surface area contributed by atoms with Crippen LogP contribution in [0.5, 0.6) is 0 Å². The SMILES string of the molecule is CC(C)Cc1ccc(-c2ccc(C(c3cccc(F)c3)C(C)(C)C(=O)Nc3nncs3)s2)cc1. The van der Waals surface area contributed by atoms with Crippen molar-refractivity contribution in [2.45, 2.75) is 40.0 Å². The van der Waals surface area contributed by atoms with E-state index in [-0.39, 0.29) is 17.6 Å². The van der Waals surface area contributed by atoms with Crippen LogP contribution in [-0.4, -0.2) is 16.1 Å². The molecule has 2 aromatic heterocycles. The van der Waals surface area contributed by atoms with Crippen molar-refractivity contribution in [3.05, 3.63) is 88.0 Å². The molecule has 0 aliphatic heterocycles. The molecular formula is C27H28FN3OS2. The molecule has 176 valence electrons. The molecule has 0 aliphatic carbocycles. The highest BCUT2D eigenvalue weighted by Crippen LogP contribution is 2.46. The quantitative estimate of drug-likeness (QED) is 0.278. The zero-order valence-corrected chi connectivity index (χ0v) is 21.3. The number of benzene rings is 2. The maximum absolute atomic E-state index is 14.2. The molecule has 0 fully saturated rings. The zero-order chi connectivity index (χ0) is 24.3. The minimum absolute atomic E-state index is 0.188. The highest BCUT2D eigenvalue weighted by molar-refractivity contribution is 7.15. The van der Waals surface area contributed by atoms with E-state index in [0.29, 0.717) is 11.0 Å². The van der Waals surface area contributed by atoms with Gasteiger partial charge in [-0.25, -0.2) is 4.39 Å². The topological polar surface area (TPSA) is 54.9 Å². The third-order valence-corrected chi connectivity index (χ3v) is 7.67. The number of hydrogen-bond acceptors (Lipinski definition) is 5. The Hall–Kier alpha value is -2.90. The summed E-state index contributed by atoms with van der Waals surface area (Å²) in [5.74, 6) is -0.235. The van der Waals surface area contributed by atoms with Gasteiger partial charge >= 0.3 is 0 Å². The van der Waals surface area contributed by atoms with Gasteiger partial charge in [0.05, 0.1) is 5.41 Å². The highest BCUT2D eigenvalue weighted by atomic mass is 32.1. The third-order valence-electron chi connectivity index (χ3n) is 5.86. The fourth-order valence-corrected chi connectivity index (χ4v) is 5.95. The van der Waals surface area contributed by atoms with Crippen LogP contribution in [0, 0.1) is 17.2 Å². The number of carbonyl (C=O) groups excluding carboxylic acids is 1. The Balaban J connectivity index is 1.69. The van der Waals surface area contributed by atoms with Crippen molar-refractivity contribution in [3.8, 4) is 10.4 Å². The van der Waals surface area contributed by atoms with Crippen LogP contribution >= 0.6 is 22.7 Å². The molecule has 0 spiro atoms. The molecule has 4 aromatic rings. The summed E-state index contributed by atoms with van der Waals surface area (Å²) < 4.78 is 14.2. The lowest BCUT2D eigenvalue weighted by atomic mass is 9.73. The van der Waals surface area contributed by atoms with Gasteiger partial charge < -0.3 is 5.32 Å². The fraction of sp³-hybridized carbons (Fsp3) is 0.296. The lowest BCUT2D eigenvalue weighted by Crippen LogP contribution is -2.36. The van der Waals surface area contributed by atoms with Gasteiger partial charge in [0.1, 0.15) is 11.3 Å². The van der Waals surface area contributed by atoms with E-state index < -0.39 is 5.41 Å². The van der Waals surface area contributed by atoms with Gasteiger partial charge in [-0.1, -0.05) is 75.4 Å². The summed E-state index contributed by atoms with van der Waals surface area (Å²) in [6.45, 7) is 8.21. The second-order valence-electron chi connectivity index (χ2n) is 9.40. The predicted molar refractivity (Wildman–Crippen MR) is 139 cm³/mol. The van der Waals surface area contributed by atoms with Gasteiger partial charge in [-0.3, -0.25) is 4.79 Å². The Kier molecular flexibility index (Phi) is 7.24. The molecule has 34 heavy (non-hydrogen) atoms. The smallest absolute Gasteiger partial charge is 0.232 e. The first-order chi connectivity index (χ1) is 16.2. The van der Waals surface area contributed by atoms with Crippen molar-refractivity contribution in [1.82, 2.24) is 10.2 Å². The zero-order valence-electron chi connectivity index (χ0n) is 19.7. The Morgan fingerprint density at radius 3 is 2.50 bits per heavy atom. The molecule has 2 aromatic carbocycles. The van der Waals surface area contributed by atoms with E-state index in [9.17, 15) is 9.18 Å². The lowest BCUT2D eigenvalue weighted by molar-refractivity contribution is -0.124. The number of anilines is 1. The second kappa shape index (κ2) is 10.2. The highest BCUT2D eigenvalue weighted by Gasteiger charge is 2.40. The van der Waals surface area contributed by atoms with E-state index >= 15 is 0 Å². The first-order valence-corrected chi connectivity index (χ1v) is 13.0. The molecule has 1 atom stereocenters. The van der Waals surface area contributed by atoms with Gasteiger partial charge in [-0.15, -0.1) is 21.5 Å². The third kappa shape index (κ3) is 5.42. The summed E-state index contributed by atoms with van der Waals surface area (Å²) in [7, 11) is 0. The molecule has 4 nitrogen and oxygen atoms in total. The number of amides is 1. The molecule has 0 saturated carbocycles. The molecule has 1 unspecified atom stereocenters. The molecule has 1 amide bonds. The van der Waals surface area contributed by atoms with Crippen molar-refractivity contribution in [3.63, 3.8) is 0 Å². The van der Waals surface area contributed by atoms with E-state index in [4.69, 9.17) is 0 Å². The fourth-order valence-electron chi connectivity index (χ4n) is 4.18. The Bertz CT molecular complexity index is 1250. The molecule has 0 radical (unpaired) electrons. The number of nitrogens with zero attached hydrogens (tertiary/aromatic N) is 2. The Morgan fingerprint density at radius 1 is 1.09 bits per heavy atom. The van der Waals surface area contributed by atoms with E-state index in [1.807, 2.05) is 19.9 Å². The molecule has 2 heterocycles. The van der Waals surface area contributed by atoms with Crippen LogP contribution in [0.15, 0.2) is 66.2 Å². The van der Waals surface area contributed by atoms with Gasteiger partial charge in [0.15, 0.2) is 0 Å². The number of nitrogens with one attached hydrogen (secondary N) is 1. The van der Waals surface area contributed by atoms with Gasteiger partial charge in [-0.05, 0) is 53.3 Å². The van der Waals surface area contributed by atoms with Crippen LogP contribution in [0.25, 0.3) is 10.4 Å². The van der Waals surface area contributed by atoms with Gasteiger partial charge in [0, 0.05) is 15.7 Å². The summed E-state index contributed by atoms with van der Waals surface area (Å²) in [4.78, 5) is 15.5. The van der Waals surface area contributed by atoms with Crippen molar-refractivity contribution >= 4 is 33.7 Å². The average molecular weight is 494 g/mol. The normalized spacial score (nSPS) is 12.6. The van der Waals surface area contributed by atoms with Crippen LogP contribution < -0.4 is 5.32 Å². The summed E-state index contributed by atoms with van der Waals surface area (Å²) in [5, 5.41) is 11.1. The maximum atomic E-state index is 14.2. The summed E-state index contributed by atoms with van der Waals surface area (Å²) >= 11 is 2.91. The first-order valence-electron chi connectivity index (χ1n) is 11.3. The van der Waals surface area contributed by atoms with Crippen LogP contribution in [-0.2, 0) is 11.2 Å². The van der Waals surface area contributed by atoms with E-state index in [2.05, 4.69) is 65.8 Å². The molecule has 7 heteroatoms. The number of thiophene rings is 1. The first kappa shape index (κ1) is 24.2. The number of hydrogen-bond donors (Lipinski definition) is 1. The lowest BCUT2D eigenvalue weighted by Gasteiger charge is -2.32. The summed E-state index contributed by atoms with van der Waals surface area (Å²) in [5.41, 5.74) is 3.92. The molecule has 4 rings (SSSR count). The monoisotopic (exact) mass is 493 g/mol. The number of halogens is 1. The van der Waals surface area contributed by atoms with Gasteiger partial charge in [0.2, 0.25) is 11.0 Å². The second-order valence-corrected chi connectivity index (χ2v) is 11.4. The summed E-state index contributed by atoms with van der Waals surface area (Å²) in [6, 6.07) is 19.3. The van der Waals surface area contributed by atoms with Crippen molar-refractivity contribution in [2.24, 2.45) is 11.3 Å². The number of rotatable bonds is 8. The number of aromatic nitrogens is 2. The maximum Gasteiger partial charge on any atom is 0.232 e. The van der Waals surface area contributed by atoms with Crippen molar-refractivity contribution in [1.29, 1.82) is 0 Å². The summed E-state index contributed by atoms with van der Waals surface area (Å²) in [6.07, 6.45) is 1.05. The largest absolute Gasteiger partial charge is 0.300 e. The van der Waals surface area contributed by atoms with Gasteiger partial charge in [0.25, 0.3) is 0 Å². The molecule has 0 bridgehead atoms. The average Bonchev–Trinajstić information content (AvgIpc) is 3.46. The molecular weight excluding hydrogens is 465 g/mol. The number of carbonyl (C=O) groups is 1. The van der Waals surface area contributed by atoms with Crippen molar-refractivity contribution in [2.75, 3.05) is 5.32 Å². The predicted octanol–water partition coefficient (Wildman–Crippen LogP) is 7.40. The minimum atomic E-state index is -0.872. The van der Waals surface area contributed by atoms with Crippen LogP contribution in [0.4, 0.5) is 9.52 Å². The van der Waals surface area contributed by atoms with E-state index in [1.54, 1.807) is 22.9 Å².